The maximum Gasteiger partial charge on any atom is 0.308 e. The van der Waals surface area contributed by atoms with E-state index >= 15 is 0 Å². The number of imide groups is 1. The summed E-state index contributed by atoms with van der Waals surface area (Å²) in [5, 5.41) is 0. The van der Waals surface area contributed by atoms with Crippen LogP contribution >= 0.6 is 63.7 Å². The third kappa shape index (κ3) is 2.39. The molecule has 11 heteroatoms. The number of carbonyl (C=O) groups excluding carboxylic acids is 3. The number of hydrogen-bond acceptors (Lipinski definition) is 6. The largest absolute Gasteiger partial charge is 0.427 e. The molecular formula is C19H15Br4NO6. The first kappa shape index (κ1) is 22.6. The molecule has 1 heterocycles. The number of methoxy groups -OCH3 is 2. The van der Waals surface area contributed by atoms with E-state index in [9.17, 15) is 14.4 Å². The standard InChI is InChI=1S/C19H15Br4NO6/c1-8(25)30-10-6-4-9(5-7-10)24-15(26)11-12(16(24)27)18(23)14(21)13(20)17(11,22)19(18,28-2)29-3/h4-7,11-12H,1-3H3. The van der Waals surface area contributed by atoms with Crippen molar-refractivity contribution >= 4 is 87.2 Å². The van der Waals surface area contributed by atoms with Crippen molar-refractivity contribution < 1.29 is 28.6 Å². The number of carbonyl (C=O) groups is 3. The van der Waals surface area contributed by atoms with Crippen LogP contribution in [0.1, 0.15) is 6.92 Å². The second kappa shape index (κ2) is 7.21. The Hall–Kier alpha value is -0.590. The van der Waals surface area contributed by atoms with Gasteiger partial charge in [-0.3, -0.25) is 14.4 Å². The molecule has 2 amide bonds. The lowest BCUT2D eigenvalue weighted by Crippen LogP contribution is -2.59. The summed E-state index contributed by atoms with van der Waals surface area (Å²) in [5.74, 6) is -3.87. The van der Waals surface area contributed by atoms with Gasteiger partial charge in [0.25, 0.3) is 0 Å². The van der Waals surface area contributed by atoms with Crippen LogP contribution in [-0.4, -0.2) is 46.4 Å². The molecule has 2 aliphatic carbocycles. The first-order chi connectivity index (χ1) is 14.0. The Kier molecular flexibility index (Phi) is 5.43. The predicted molar refractivity (Wildman–Crippen MR) is 122 cm³/mol. The fourth-order valence-electron chi connectivity index (χ4n) is 4.79. The smallest absolute Gasteiger partial charge is 0.308 e. The van der Waals surface area contributed by atoms with Gasteiger partial charge in [0.2, 0.25) is 17.6 Å². The zero-order chi connectivity index (χ0) is 22.2. The van der Waals surface area contributed by atoms with Gasteiger partial charge in [-0.15, -0.1) is 0 Å². The number of hydrogen-bond donors (Lipinski definition) is 0. The van der Waals surface area contributed by atoms with E-state index in [2.05, 4.69) is 63.7 Å². The molecule has 1 saturated carbocycles. The third-order valence-electron chi connectivity index (χ3n) is 5.88. The topological polar surface area (TPSA) is 82.1 Å². The maximum atomic E-state index is 13.6. The molecule has 0 N–H and O–H groups in total. The zero-order valence-electron chi connectivity index (χ0n) is 15.9. The number of benzene rings is 1. The van der Waals surface area contributed by atoms with Gasteiger partial charge in [0.15, 0.2) is 0 Å². The number of amides is 2. The van der Waals surface area contributed by atoms with Crippen molar-refractivity contribution in [2.45, 2.75) is 21.4 Å². The van der Waals surface area contributed by atoms with Crippen molar-refractivity contribution in [3.8, 4) is 5.75 Å². The minimum Gasteiger partial charge on any atom is -0.427 e. The van der Waals surface area contributed by atoms with Crippen LogP contribution in [0.3, 0.4) is 0 Å². The summed E-state index contributed by atoms with van der Waals surface area (Å²) in [6, 6.07) is 6.20. The van der Waals surface area contributed by atoms with Crippen LogP contribution < -0.4 is 9.64 Å². The molecule has 4 atom stereocenters. The number of rotatable bonds is 4. The van der Waals surface area contributed by atoms with Gasteiger partial charge in [0.1, 0.15) is 14.4 Å². The molecule has 160 valence electrons. The molecule has 4 rings (SSSR count). The number of fused-ring (bicyclic) bond motifs is 5. The number of esters is 1. The predicted octanol–water partition coefficient (Wildman–Crippen LogP) is 4.00. The van der Waals surface area contributed by atoms with Gasteiger partial charge in [-0.1, -0.05) is 63.7 Å². The molecule has 4 unspecified atom stereocenters. The number of anilines is 1. The number of alkyl halides is 2. The molecule has 1 saturated heterocycles. The van der Waals surface area contributed by atoms with Crippen LogP contribution in [-0.2, 0) is 23.9 Å². The van der Waals surface area contributed by atoms with Gasteiger partial charge >= 0.3 is 5.97 Å². The number of ether oxygens (including phenoxy) is 3. The Balaban J connectivity index is 1.81. The molecule has 1 aliphatic heterocycles. The maximum absolute atomic E-state index is 13.6. The third-order valence-corrected chi connectivity index (χ3v) is 12.3. The lowest BCUT2D eigenvalue weighted by Gasteiger charge is -2.43. The van der Waals surface area contributed by atoms with Gasteiger partial charge in [0.05, 0.1) is 17.5 Å². The minimum absolute atomic E-state index is 0.324. The Morgan fingerprint density at radius 1 is 0.933 bits per heavy atom. The van der Waals surface area contributed by atoms with Crippen LogP contribution in [0, 0.1) is 11.8 Å². The molecule has 2 bridgehead atoms. The van der Waals surface area contributed by atoms with Gasteiger partial charge < -0.3 is 14.2 Å². The lowest BCUT2D eigenvalue weighted by atomic mass is 9.85. The Bertz CT molecular complexity index is 961. The van der Waals surface area contributed by atoms with E-state index in [0.717, 1.165) is 4.90 Å². The molecule has 30 heavy (non-hydrogen) atoms. The molecule has 7 nitrogen and oxygen atoms in total. The fraction of sp³-hybridized carbons (Fsp3) is 0.421. The average Bonchev–Trinajstić information content (AvgIpc) is 3.12. The van der Waals surface area contributed by atoms with Crippen molar-refractivity contribution in [3.05, 3.63) is 33.2 Å². The first-order valence-electron chi connectivity index (χ1n) is 8.73. The zero-order valence-corrected chi connectivity index (χ0v) is 22.2. The van der Waals surface area contributed by atoms with Gasteiger partial charge in [-0.2, -0.15) is 0 Å². The molecular weight excluding hydrogens is 658 g/mol. The van der Waals surface area contributed by atoms with Crippen LogP contribution in [0.4, 0.5) is 5.69 Å². The molecule has 1 aromatic rings. The minimum atomic E-state index is -1.36. The summed E-state index contributed by atoms with van der Waals surface area (Å²) in [4.78, 5) is 39.4. The highest BCUT2D eigenvalue weighted by Gasteiger charge is 2.88. The monoisotopic (exact) mass is 669 g/mol. The normalized spacial score (nSPS) is 34.0. The van der Waals surface area contributed by atoms with Gasteiger partial charge in [-0.25, -0.2) is 4.90 Å². The summed E-state index contributed by atoms with van der Waals surface area (Å²) in [7, 11) is 2.95. The highest BCUT2D eigenvalue weighted by molar-refractivity contribution is 9.16. The average molecular weight is 673 g/mol. The van der Waals surface area contributed by atoms with Crippen molar-refractivity contribution in [2.75, 3.05) is 19.1 Å². The highest BCUT2D eigenvalue weighted by Crippen LogP contribution is 2.77. The van der Waals surface area contributed by atoms with Crippen molar-refractivity contribution in [1.82, 2.24) is 0 Å². The number of nitrogens with zero attached hydrogens (tertiary/aromatic N) is 1. The van der Waals surface area contributed by atoms with E-state index in [1.54, 1.807) is 12.1 Å². The number of halogens is 4. The Labute approximate surface area is 206 Å². The summed E-state index contributed by atoms with van der Waals surface area (Å²) in [6.45, 7) is 1.30. The molecule has 0 spiro atoms. The Morgan fingerprint density at radius 2 is 1.37 bits per heavy atom. The van der Waals surface area contributed by atoms with Gasteiger partial charge in [0, 0.05) is 30.1 Å². The van der Waals surface area contributed by atoms with E-state index in [1.807, 2.05) is 0 Å². The summed E-state index contributed by atoms with van der Waals surface area (Å²) in [5.41, 5.74) is 0.384. The second-order valence-electron chi connectivity index (χ2n) is 7.13. The van der Waals surface area contributed by atoms with E-state index in [-0.39, 0.29) is 11.8 Å². The quantitative estimate of drug-likeness (QED) is 0.158. The van der Waals surface area contributed by atoms with E-state index in [0.29, 0.717) is 20.4 Å². The van der Waals surface area contributed by atoms with Crippen molar-refractivity contribution in [1.29, 1.82) is 0 Å². The lowest BCUT2D eigenvalue weighted by molar-refractivity contribution is -0.215. The summed E-state index contributed by atoms with van der Waals surface area (Å²) >= 11 is 14.6. The summed E-state index contributed by atoms with van der Waals surface area (Å²) in [6.07, 6.45) is 0. The fourth-order valence-corrected chi connectivity index (χ4v) is 9.82. The van der Waals surface area contributed by atoms with Crippen LogP contribution in [0.15, 0.2) is 33.2 Å². The second-order valence-corrected chi connectivity index (χ2v) is 11.2. The van der Waals surface area contributed by atoms with E-state index in [1.165, 1.54) is 33.3 Å². The molecule has 0 radical (unpaired) electrons. The van der Waals surface area contributed by atoms with Crippen molar-refractivity contribution in [2.24, 2.45) is 11.8 Å². The van der Waals surface area contributed by atoms with Crippen LogP contribution in [0.2, 0.25) is 0 Å². The van der Waals surface area contributed by atoms with Gasteiger partial charge in [-0.05, 0) is 24.3 Å². The molecule has 1 aromatic carbocycles. The SMILES string of the molecule is COC1(OC)C2(Br)C(Br)=C(Br)C1(Br)C1C(=O)N(c3ccc(OC(C)=O)cc3)C(=O)C12. The van der Waals surface area contributed by atoms with E-state index < -0.39 is 32.2 Å². The van der Waals surface area contributed by atoms with Crippen LogP contribution in [0.25, 0.3) is 0 Å². The molecule has 0 aromatic heterocycles. The Morgan fingerprint density at radius 3 is 1.73 bits per heavy atom. The first-order valence-corrected chi connectivity index (χ1v) is 11.9. The molecule has 2 fully saturated rings. The van der Waals surface area contributed by atoms with E-state index in [4.69, 9.17) is 14.2 Å². The molecule has 3 aliphatic rings. The van der Waals surface area contributed by atoms with Crippen LogP contribution in [0.5, 0.6) is 5.75 Å². The highest BCUT2D eigenvalue weighted by atomic mass is 79.9. The van der Waals surface area contributed by atoms with Crippen molar-refractivity contribution in [3.63, 3.8) is 0 Å². The summed E-state index contributed by atoms with van der Waals surface area (Å²) < 4.78 is 15.6.